The summed E-state index contributed by atoms with van der Waals surface area (Å²) in [5, 5.41) is 7.11. The molecule has 126 valence electrons. The van der Waals surface area contributed by atoms with E-state index < -0.39 is 9.84 Å². The summed E-state index contributed by atoms with van der Waals surface area (Å²) in [7, 11) is -3.46. The van der Waals surface area contributed by atoms with Crippen molar-refractivity contribution in [2.75, 3.05) is 11.9 Å². The number of hydrogen-bond donors (Lipinski definition) is 2. The highest BCUT2D eigenvalue weighted by molar-refractivity contribution is 7.91. The van der Waals surface area contributed by atoms with Crippen LogP contribution in [0.2, 0.25) is 0 Å². The third kappa shape index (κ3) is 2.62. The standard InChI is InChI=1S/C19H22N2O2S/c1-13-11-19-16(9-10-20-13)17-12-15(7-8-18(17)21-19)24(22,23)14-5-3-2-4-6-14/h2-8,12-13,16,19-21H,9-11H2,1H3/t13?,16-,19+/m0/s1. The summed E-state index contributed by atoms with van der Waals surface area (Å²) in [4.78, 5) is 0.740. The van der Waals surface area contributed by atoms with E-state index in [-0.39, 0.29) is 0 Å². The summed E-state index contributed by atoms with van der Waals surface area (Å²) in [5.74, 6) is 0.378. The van der Waals surface area contributed by atoms with E-state index in [4.69, 9.17) is 0 Å². The molecule has 2 aromatic rings. The number of nitrogens with one attached hydrogen (secondary N) is 2. The fraction of sp³-hybridized carbons (Fsp3) is 0.368. The second-order valence-electron chi connectivity index (χ2n) is 6.80. The Morgan fingerprint density at radius 2 is 1.83 bits per heavy atom. The summed E-state index contributed by atoms with van der Waals surface area (Å²) in [6.45, 7) is 3.18. The van der Waals surface area contributed by atoms with Gasteiger partial charge in [0.1, 0.15) is 0 Å². The van der Waals surface area contributed by atoms with Gasteiger partial charge in [-0.15, -0.1) is 0 Å². The van der Waals surface area contributed by atoms with Crippen molar-refractivity contribution in [2.45, 2.75) is 47.6 Å². The summed E-state index contributed by atoms with van der Waals surface area (Å²) in [5.41, 5.74) is 2.24. The zero-order chi connectivity index (χ0) is 16.7. The van der Waals surface area contributed by atoms with Crippen LogP contribution in [0, 0.1) is 0 Å². The largest absolute Gasteiger partial charge is 0.381 e. The minimum atomic E-state index is -3.46. The van der Waals surface area contributed by atoms with E-state index in [2.05, 4.69) is 17.6 Å². The smallest absolute Gasteiger partial charge is 0.206 e. The van der Waals surface area contributed by atoms with E-state index in [1.165, 1.54) is 0 Å². The molecule has 1 fully saturated rings. The first-order valence-corrected chi connectivity index (χ1v) is 9.98. The van der Waals surface area contributed by atoms with Crippen LogP contribution in [0.3, 0.4) is 0 Å². The summed E-state index contributed by atoms with van der Waals surface area (Å²) in [6, 6.07) is 15.1. The number of sulfone groups is 1. The third-order valence-corrected chi connectivity index (χ3v) is 6.94. The Balaban J connectivity index is 1.73. The molecule has 2 aromatic carbocycles. The maximum absolute atomic E-state index is 12.9. The Morgan fingerprint density at radius 1 is 1.04 bits per heavy atom. The lowest BCUT2D eigenvalue weighted by atomic mass is 9.90. The topological polar surface area (TPSA) is 58.2 Å². The van der Waals surface area contributed by atoms with Crippen LogP contribution in [-0.4, -0.2) is 27.0 Å². The van der Waals surface area contributed by atoms with Gasteiger partial charge in [0.25, 0.3) is 0 Å². The van der Waals surface area contributed by atoms with Crippen LogP contribution < -0.4 is 10.6 Å². The molecule has 3 atom stereocenters. The van der Waals surface area contributed by atoms with Crippen LogP contribution in [0.25, 0.3) is 0 Å². The predicted molar refractivity (Wildman–Crippen MR) is 95.2 cm³/mol. The normalized spacial score (nSPS) is 26.1. The maximum Gasteiger partial charge on any atom is 0.206 e. The number of fused-ring (bicyclic) bond motifs is 3. The van der Waals surface area contributed by atoms with Crippen LogP contribution in [0.1, 0.15) is 31.2 Å². The fourth-order valence-corrected chi connectivity index (χ4v) is 5.25. The van der Waals surface area contributed by atoms with Gasteiger partial charge < -0.3 is 10.6 Å². The number of benzene rings is 2. The van der Waals surface area contributed by atoms with Crippen molar-refractivity contribution in [3.63, 3.8) is 0 Å². The summed E-state index contributed by atoms with van der Waals surface area (Å²) < 4.78 is 25.8. The molecule has 24 heavy (non-hydrogen) atoms. The molecule has 1 unspecified atom stereocenters. The minimum absolute atomic E-state index is 0.351. The lowest BCUT2D eigenvalue weighted by molar-refractivity contribution is 0.521. The molecule has 0 amide bonds. The van der Waals surface area contributed by atoms with Gasteiger partial charge in [-0.2, -0.15) is 0 Å². The monoisotopic (exact) mass is 342 g/mol. The first-order valence-electron chi connectivity index (χ1n) is 8.50. The van der Waals surface area contributed by atoms with Crippen molar-refractivity contribution >= 4 is 15.5 Å². The Morgan fingerprint density at radius 3 is 2.62 bits per heavy atom. The van der Waals surface area contributed by atoms with E-state index >= 15 is 0 Å². The van der Waals surface area contributed by atoms with Crippen LogP contribution >= 0.6 is 0 Å². The van der Waals surface area contributed by atoms with Gasteiger partial charge in [-0.3, -0.25) is 0 Å². The SMILES string of the molecule is CC1C[C@H]2Nc3ccc(S(=O)(=O)c4ccccc4)cc3[C@@H]2CCN1. The molecule has 0 radical (unpaired) electrons. The number of hydrogen-bond acceptors (Lipinski definition) is 4. The van der Waals surface area contributed by atoms with Crippen LogP contribution in [0.4, 0.5) is 5.69 Å². The highest BCUT2D eigenvalue weighted by Crippen LogP contribution is 2.42. The highest BCUT2D eigenvalue weighted by atomic mass is 32.2. The molecular formula is C19H22N2O2S. The number of anilines is 1. The highest BCUT2D eigenvalue weighted by Gasteiger charge is 2.35. The Bertz CT molecular complexity index is 849. The lowest BCUT2D eigenvalue weighted by Crippen LogP contribution is -2.28. The molecule has 0 aliphatic carbocycles. The van der Waals surface area contributed by atoms with Gasteiger partial charge in [-0.05, 0) is 62.2 Å². The van der Waals surface area contributed by atoms with Crippen molar-refractivity contribution in [3.8, 4) is 0 Å². The third-order valence-electron chi connectivity index (χ3n) is 5.17. The molecule has 2 aliphatic heterocycles. The number of rotatable bonds is 2. The van der Waals surface area contributed by atoms with E-state index in [1.54, 1.807) is 30.3 Å². The predicted octanol–water partition coefficient (Wildman–Crippen LogP) is 3.17. The van der Waals surface area contributed by atoms with Crippen molar-refractivity contribution in [1.29, 1.82) is 0 Å². The van der Waals surface area contributed by atoms with Gasteiger partial charge in [0, 0.05) is 23.7 Å². The Hall–Kier alpha value is -1.85. The van der Waals surface area contributed by atoms with Crippen LogP contribution in [0.5, 0.6) is 0 Å². The Kier molecular flexibility index (Phi) is 3.85. The van der Waals surface area contributed by atoms with E-state index in [9.17, 15) is 8.42 Å². The van der Waals surface area contributed by atoms with Gasteiger partial charge in [-0.1, -0.05) is 18.2 Å². The molecule has 2 aliphatic rings. The second-order valence-corrected chi connectivity index (χ2v) is 8.75. The molecule has 0 saturated carbocycles. The average molecular weight is 342 g/mol. The van der Waals surface area contributed by atoms with Gasteiger partial charge in [0.2, 0.25) is 9.84 Å². The van der Waals surface area contributed by atoms with E-state index in [0.29, 0.717) is 27.8 Å². The van der Waals surface area contributed by atoms with Crippen molar-refractivity contribution < 1.29 is 8.42 Å². The quantitative estimate of drug-likeness (QED) is 0.880. The van der Waals surface area contributed by atoms with Crippen molar-refractivity contribution in [2.24, 2.45) is 0 Å². The lowest BCUT2D eigenvalue weighted by Gasteiger charge is -2.18. The molecular weight excluding hydrogens is 320 g/mol. The van der Waals surface area contributed by atoms with Gasteiger partial charge in [-0.25, -0.2) is 8.42 Å². The van der Waals surface area contributed by atoms with Crippen LogP contribution in [0.15, 0.2) is 58.3 Å². The molecule has 1 saturated heterocycles. The molecule has 0 bridgehead atoms. The second kappa shape index (κ2) is 5.90. The Labute approximate surface area is 143 Å². The summed E-state index contributed by atoms with van der Waals surface area (Å²) >= 11 is 0. The van der Waals surface area contributed by atoms with Crippen molar-refractivity contribution in [1.82, 2.24) is 5.32 Å². The fourth-order valence-electron chi connectivity index (χ4n) is 3.93. The summed E-state index contributed by atoms with van der Waals surface area (Å²) in [6.07, 6.45) is 2.09. The van der Waals surface area contributed by atoms with E-state index in [0.717, 1.165) is 30.6 Å². The molecule has 4 nitrogen and oxygen atoms in total. The minimum Gasteiger partial charge on any atom is -0.381 e. The van der Waals surface area contributed by atoms with Gasteiger partial charge >= 0.3 is 0 Å². The maximum atomic E-state index is 12.9. The molecule has 4 rings (SSSR count). The van der Waals surface area contributed by atoms with Crippen LogP contribution in [-0.2, 0) is 9.84 Å². The molecule has 2 N–H and O–H groups in total. The first-order chi connectivity index (χ1) is 11.6. The molecule has 5 heteroatoms. The average Bonchev–Trinajstić information content (AvgIpc) is 2.81. The zero-order valence-corrected chi connectivity index (χ0v) is 14.5. The van der Waals surface area contributed by atoms with E-state index in [1.807, 2.05) is 18.2 Å². The first kappa shape index (κ1) is 15.7. The molecule has 0 aromatic heterocycles. The molecule has 0 spiro atoms. The molecule has 2 heterocycles. The van der Waals surface area contributed by atoms with Gasteiger partial charge in [0.05, 0.1) is 9.79 Å². The van der Waals surface area contributed by atoms with Crippen molar-refractivity contribution in [3.05, 3.63) is 54.1 Å². The van der Waals surface area contributed by atoms with Gasteiger partial charge in [0.15, 0.2) is 0 Å². The zero-order valence-electron chi connectivity index (χ0n) is 13.7.